The fourth-order valence-corrected chi connectivity index (χ4v) is 3.66. The molecule has 0 saturated carbocycles. The first-order chi connectivity index (χ1) is 16.3. The molecule has 0 N–H and O–H groups in total. The van der Waals surface area contributed by atoms with Gasteiger partial charge in [-0.15, -0.1) is 0 Å². The third-order valence-electron chi connectivity index (χ3n) is 5.43. The Morgan fingerprint density at radius 1 is 0.636 bits per heavy atom. The van der Waals surface area contributed by atoms with E-state index in [-0.39, 0.29) is 0 Å². The normalized spacial score (nSPS) is 10.8. The number of hydrogen-bond donors (Lipinski definition) is 0. The second kappa shape index (κ2) is 9.53. The number of ether oxygens (including phenoxy) is 3. The van der Waals surface area contributed by atoms with Gasteiger partial charge in [-0.05, 0) is 41.5 Å². The Morgan fingerprint density at radius 2 is 1.30 bits per heavy atom. The van der Waals surface area contributed by atoms with Crippen LogP contribution < -0.4 is 14.2 Å². The van der Waals surface area contributed by atoms with Crippen molar-refractivity contribution in [1.29, 1.82) is 0 Å². The van der Waals surface area contributed by atoms with Gasteiger partial charge in [-0.1, -0.05) is 60.7 Å². The van der Waals surface area contributed by atoms with Crippen molar-refractivity contribution in [1.82, 2.24) is 0 Å². The van der Waals surface area contributed by atoms with E-state index < -0.39 is 0 Å². The van der Waals surface area contributed by atoms with Crippen LogP contribution in [0.3, 0.4) is 0 Å². The van der Waals surface area contributed by atoms with Gasteiger partial charge in [0.1, 0.15) is 41.8 Å². The molecule has 5 rings (SSSR count). The first kappa shape index (κ1) is 20.7. The van der Waals surface area contributed by atoms with Crippen molar-refractivity contribution < 1.29 is 18.6 Å². The molecule has 0 spiro atoms. The van der Waals surface area contributed by atoms with Crippen molar-refractivity contribution in [2.24, 2.45) is 0 Å². The standard InChI is InChI=1S/C29H24O4/c1-30-24-13-12-23-16-29(33-27(23)17-24)26-15-14-25(31-19-21-8-4-2-5-9-21)18-28(26)32-20-22-10-6-3-7-11-22/h2-18H,19-20H2,1H3. The highest BCUT2D eigenvalue weighted by Crippen LogP contribution is 2.38. The quantitative estimate of drug-likeness (QED) is 0.257. The monoisotopic (exact) mass is 436 g/mol. The summed E-state index contributed by atoms with van der Waals surface area (Å²) in [4.78, 5) is 0. The van der Waals surface area contributed by atoms with Gasteiger partial charge in [-0.2, -0.15) is 0 Å². The van der Waals surface area contributed by atoms with Crippen LogP contribution in [0, 0.1) is 0 Å². The van der Waals surface area contributed by atoms with Gasteiger partial charge in [-0.25, -0.2) is 0 Å². The highest BCUT2D eigenvalue weighted by Gasteiger charge is 2.14. The zero-order valence-corrected chi connectivity index (χ0v) is 18.4. The zero-order valence-electron chi connectivity index (χ0n) is 18.4. The number of rotatable bonds is 8. The van der Waals surface area contributed by atoms with Gasteiger partial charge in [-0.3, -0.25) is 0 Å². The van der Waals surface area contributed by atoms with Gasteiger partial charge in [0.05, 0.1) is 12.7 Å². The largest absolute Gasteiger partial charge is 0.497 e. The molecule has 0 saturated heterocycles. The number of benzene rings is 4. The Hall–Kier alpha value is -4.18. The summed E-state index contributed by atoms with van der Waals surface area (Å²) >= 11 is 0. The summed E-state index contributed by atoms with van der Waals surface area (Å²) in [5.74, 6) is 2.93. The van der Waals surface area contributed by atoms with Gasteiger partial charge in [0.15, 0.2) is 0 Å². The van der Waals surface area contributed by atoms with E-state index in [9.17, 15) is 0 Å². The minimum absolute atomic E-state index is 0.448. The average molecular weight is 437 g/mol. The summed E-state index contributed by atoms with van der Waals surface area (Å²) in [6, 6.07) is 33.9. The van der Waals surface area contributed by atoms with Gasteiger partial charge in [0, 0.05) is 17.5 Å². The summed E-state index contributed by atoms with van der Waals surface area (Å²) in [6.07, 6.45) is 0. The molecule has 5 aromatic rings. The molecule has 4 heteroatoms. The number of hydrogen-bond acceptors (Lipinski definition) is 4. The summed E-state index contributed by atoms with van der Waals surface area (Å²) in [5.41, 5.74) is 3.84. The summed E-state index contributed by atoms with van der Waals surface area (Å²) in [5, 5.41) is 1.00. The van der Waals surface area contributed by atoms with Gasteiger partial charge < -0.3 is 18.6 Å². The first-order valence-electron chi connectivity index (χ1n) is 10.8. The van der Waals surface area contributed by atoms with E-state index in [2.05, 4.69) is 0 Å². The molecule has 0 unspecified atom stereocenters. The molecule has 1 aromatic heterocycles. The van der Waals surface area contributed by atoms with E-state index in [1.807, 2.05) is 103 Å². The number of furan rings is 1. The van der Waals surface area contributed by atoms with Crippen molar-refractivity contribution in [3.63, 3.8) is 0 Å². The van der Waals surface area contributed by atoms with Crippen LogP contribution >= 0.6 is 0 Å². The molecule has 164 valence electrons. The fraction of sp³-hybridized carbons (Fsp3) is 0.103. The van der Waals surface area contributed by atoms with Crippen LogP contribution in [0.1, 0.15) is 11.1 Å². The molecule has 4 nitrogen and oxygen atoms in total. The van der Waals surface area contributed by atoms with Crippen molar-refractivity contribution >= 4 is 11.0 Å². The maximum atomic E-state index is 6.25. The third-order valence-corrected chi connectivity index (χ3v) is 5.43. The van der Waals surface area contributed by atoms with Crippen LogP contribution in [-0.4, -0.2) is 7.11 Å². The van der Waals surface area contributed by atoms with E-state index in [1.165, 1.54) is 0 Å². The van der Waals surface area contributed by atoms with Crippen LogP contribution in [0.5, 0.6) is 17.2 Å². The summed E-state index contributed by atoms with van der Waals surface area (Å²) in [6.45, 7) is 0.937. The average Bonchev–Trinajstić information content (AvgIpc) is 3.30. The van der Waals surface area contributed by atoms with E-state index in [4.69, 9.17) is 18.6 Å². The van der Waals surface area contributed by atoms with Gasteiger partial charge in [0.25, 0.3) is 0 Å². The smallest absolute Gasteiger partial charge is 0.139 e. The predicted molar refractivity (Wildman–Crippen MR) is 130 cm³/mol. The van der Waals surface area contributed by atoms with Gasteiger partial charge >= 0.3 is 0 Å². The lowest BCUT2D eigenvalue weighted by atomic mass is 10.1. The minimum atomic E-state index is 0.448. The molecule has 0 fully saturated rings. The van der Waals surface area contributed by atoms with Crippen LogP contribution in [0.4, 0.5) is 0 Å². The molecule has 0 atom stereocenters. The highest BCUT2D eigenvalue weighted by molar-refractivity contribution is 5.85. The Labute approximate surface area is 193 Å². The summed E-state index contributed by atoms with van der Waals surface area (Å²) in [7, 11) is 1.65. The molecular weight excluding hydrogens is 412 g/mol. The molecule has 0 amide bonds. The summed E-state index contributed by atoms with van der Waals surface area (Å²) < 4.78 is 23.8. The van der Waals surface area contributed by atoms with Crippen LogP contribution in [0.25, 0.3) is 22.3 Å². The van der Waals surface area contributed by atoms with Gasteiger partial charge in [0.2, 0.25) is 0 Å². The molecule has 33 heavy (non-hydrogen) atoms. The first-order valence-corrected chi connectivity index (χ1v) is 10.8. The molecule has 4 aromatic carbocycles. The lowest BCUT2D eigenvalue weighted by Crippen LogP contribution is -1.99. The fourth-order valence-electron chi connectivity index (χ4n) is 3.66. The molecule has 0 radical (unpaired) electrons. The topological polar surface area (TPSA) is 40.8 Å². The van der Waals surface area contributed by atoms with Crippen molar-refractivity contribution in [2.75, 3.05) is 7.11 Å². The second-order valence-corrected chi connectivity index (χ2v) is 7.72. The maximum absolute atomic E-state index is 6.25. The number of fused-ring (bicyclic) bond motifs is 1. The van der Waals surface area contributed by atoms with E-state index in [0.717, 1.165) is 44.9 Å². The Balaban J connectivity index is 1.46. The van der Waals surface area contributed by atoms with E-state index >= 15 is 0 Å². The third kappa shape index (κ3) is 4.85. The van der Waals surface area contributed by atoms with E-state index in [0.29, 0.717) is 19.0 Å². The van der Waals surface area contributed by atoms with Crippen molar-refractivity contribution in [3.05, 3.63) is 114 Å². The van der Waals surface area contributed by atoms with Crippen LogP contribution in [0.15, 0.2) is 108 Å². The minimum Gasteiger partial charge on any atom is -0.497 e. The van der Waals surface area contributed by atoms with Crippen molar-refractivity contribution in [2.45, 2.75) is 13.2 Å². The molecule has 1 heterocycles. The van der Waals surface area contributed by atoms with Crippen molar-refractivity contribution in [3.8, 4) is 28.6 Å². The Kier molecular flexibility index (Phi) is 5.98. The zero-order chi connectivity index (χ0) is 22.5. The SMILES string of the molecule is COc1ccc2cc(-c3ccc(OCc4ccccc4)cc3OCc3ccccc3)oc2c1. The predicted octanol–water partition coefficient (Wildman–Crippen LogP) is 7.27. The highest BCUT2D eigenvalue weighted by atomic mass is 16.5. The molecule has 0 bridgehead atoms. The van der Waals surface area contributed by atoms with Crippen LogP contribution in [0.2, 0.25) is 0 Å². The number of methoxy groups -OCH3 is 1. The van der Waals surface area contributed by atoms with E-state index in [1.54, 1.807) is 7.11 Å². The van der Waals surface area contributed by atoms with Crippen LogP contribution in [-0.2, 0) is 13.2 Å². The Bertz CT molecular complexity index is 1340. The molecule has 0 aliphatic rings. The lowest BCUT2D eigenvalue weighted by molar-refractivity contribution is 0.290. The maximum Gasteiger partial charge on any atom is 0.139 e. The second-order valence-electron chi connectivity index (χ2n) is 7.72. The molecule has 0 aliphatic heterocycles. The lowest BCUT2D eigenvalue weighted by Gasteiger charge is -2.13. The molecule has 0 aliphatic carbocycles. The Morgan fingerprint density at radius 3 is 2.00 bits per heavy atom. The molecular formula is C29H24O4.